The zero-order valence-electron chi connectivity index (χ0n) is 10.9. The van der Waals surface area contributed by atoms with E-state index in [-0.39, 0.29) is 0 Å². The summed E-state index contributed by atoms with van der Waals surface area (Å²) in [6, 6.07) is 9.96. The number of para-hydroxylation sites is 1. The molecule has 2 heterocycles. The van der Waals surface area contributed by atoms with Gasteiger partial charge in [0.15, 0.2) is 0 Å². The number of benzene rings is 1. The first-order valence-corrected chi connectivity index (χ1v) is 6.96. The molecule has 0 saturated carbocycles. The number of hydrogen-bond acceptors (Lipinski definition) is 4. The molecule has 0 aliphatic carbocycles. The van der Waals surface area contributed by atoms with E-state index >= 15 is 0 Å². The number of nitrogen functional groups attached to an aromatic ring is 1. The summed E-state index contributed by atoms with van der Waals surface area (Å²) in [5, 5.41) is 4.36. The van der Waals surface area contributed by atoms with E-state index in [0.717, 1.165) is 32.4 Å². The molecule has 0 radical (unpaired) electrons. The van der Waals surface area contributed by atoms with Gasteiger partial charge in [-0.3, -0.25) is 4.98 Å². The number of aromatic nitrogens is 2. The van der Waals surface area contributed by atoms with E-state index in [2.05, 4.69) is 31.2 Å². The predicted octanol–water partition coefficient (Wildman–Crippen LogP) is 4.03. The molecule has 0 spiro atoms. The minimum Gasteiger partial charge on any atom is -0.397 e. The van der Waals surface area contributed by atoms with Crippen molar-refractivity contribution in [1.29, 1.82) is 0 Å². The Labute approximate surface area is 125 Å². The van der Waals surface area contributed by atoms with Gasteiger partial charge in [0.1, 0.15) is 5.82 Å². The number of halogens is 1. The molecule has 1 aromatic carbocycles. The van der Waals surface area contributed by atoms with E-state index in [1.807, 2.05) is 37.3 Å². The van der Waals surface area contributed by atoms with Crippen LogP contribution in [0.2, 0.25) is 0 Å². The first-order valence-electron chi connectivity index (χ1n) is 6.17. The van der Waals surface area contributed by atoms with Crippen LogP contribution in [0.15, 0.2) is 47.2 Å². The Bertz CT molecular complexity index is 786. The zero-order chi connectivity index (χ0) is 14.1. The number of rotatable bonds is 2. The molecule has 20 heavy (non-hydrogen) atoms. The lowest BCUT2D eigenvalue weighted by Crippen LogP contribution is -1.98. The molecule has 100 valence electrons. The Morgan fingerprint density at radius 3 is 2.80 bits per heavy atom. The summed E-state index contributed by atoms with van der Waals surface area (Å²) in [5.74, 6) is 0.758. The number of nitrogens with one attached hydrogen (secondary N) is 1. The molecule has 2 aromatic heterocycles. The normalized spacial score (nSPS) is 10.7. The second kappa shape index (κ2) is 5.09. The number of aryl methyl sites for hydroxylation is 1. The summed E-state index contributed by atoms with van der Waals surface area (Å²) in [5.41, 5.74) is 9.30. The highest BCUT2D eigenvalue weighted by Gasteiger charge is 2.05. The summed E-state index contributed by atoms with van der Waals surface area (Å²) in [7, 11) is 0. The Kier molecular flexibility index (Phi) is 3.28. The summed E-state index contributed by atoms with van der Waals surface area (Å²) < 4.78 is 0.962. The van der Waals surface area contributed by atoms with Crippen molar-refractivity contribution in [3.05, 3.63) is 52.8 Å². The van der Waals surface area contributed by atoms with E-state index in [9.17, 15) is 0 Å². The topological polar surface area (TPSA) is 63.8 Å². The second-order valence-electron chi connectivity index (χ2n) is 4.58. The molecule has 3 N–H and O–H groups in total. The quantitative estimate of drug-likeness (QED) is 0.745. The first-order chi connectivity index (χ1) is 9.63. The van der Waals surface area contributed by atoms with Crippen LogP contribution in [0.3, 0.4) is 0 Å². The average Bonchev–Trinajstić information content (AvgIpc) is 2.43. The molecule has 0 aliphatic rings. The zero-order valence-corrected chi connectivity index (χ0v) is 12.5. The molecule has 4 nitrogen and oxygen atoms in total. The fraction of sp³-hybridized carbons (Fsp3) is 0.0667. The molecule has 0 atom stereocenters. The van der Waals surface area contributed by atoms with Crippen molar-refractivity contribution in [3.8, 4) is 0 Å². The smallest absolute Gasteiger partial charge is 0.130 e. The van der Waals surface area contributed by atoms with Crippen LogP contribution in [-0.4, -0.2) is 9.97 Å². The standard InChI is InChI=1S/C15H13BrN4/c1-9-5-14(18-8-12(9)17)20-13-4-2-3-10-6-11(16)7-19-15(10)13/h2-8H,17H2,1H3,(H,18,20). The van der Waals surface area contributed by atoms with Gasteiger partial charge in [-0.05, 0) is 46.6 Å². The highest BCUT2D eigenvalue weighted by atomic mass is 79.9. The van der Waals surface area contributed by atoms with Crippen molar-refractivity contribution in [1.82, 2.24) is 9.97 Å². The first kappa shape index (κ1) is 12.9. The lowest BCUT2D eigenvalue weighted by molar-refractivity contribution is 1.27. The van der Waals surface area contributed by atoms with Crippen LogP contribution < -0.4 is 11.1 Å². The third-order valence-electron chi connectivity index (χ3n) is 3.09. The maximum atomic E-state index is 5.78. The Balaban J connectivity index is 2.04. The van der Waals surface area contributed by atoms with Crippen LogP contribution in [0.5, 0.6) is 0 Å². The van der Waals surface area contributed by atoms with Gasteiger partial charge in [-0.1, -0.05) is 12.1 Å². The highest BCUT2D eigenvalue weighted by molar-refractivity contribution is 9.10. The van der Waals surface area contributed by atoms with Gasteiger partial charge in [0.2, 0.25) is 0 Å². The Morgan fingerprint density at radius 2 is 2.00 bits per heavy atom. The molecular weight excluding hydrogens is 316 g/mol. The molecule has 0 aliphatic heterocycles. The molecule has 0 bridgehead atoms. The molecular formula is C15H13BrN4. The Morgan fingerprint density at radius 1 is 1.15 bits per heavy atom. The number of pyridine rings is 2. The maximum absolute atomic E-state index is 5.78. The van der Waals surface area contributed by atoms with E-state index in [1.165, 1.54) is 0 Å². The van der Waals surface area contributed by atoms with E-state index in [1.54, 1.807) is 12.4 Å². The molecule has 0 unspecified atom stereocenters. The Hall–Kier alpha value is -2.14. The molecule has 3 aromatic rings. The highest BCUT2D eigenvalue weighted by Crippen LogP contribution is 2.26. The molecule has 5 heteroatoms. The van der Waals surface area contributed by atoms with Gasteiger partial charge in [-0.25, -0.2) is 4.98 Å². The maximum Gasteiger partial charge on any atom is 0.130 e. The SMILES string of the molecule is Cc1cc(Nc2cccc3cc(Br)cnc23)ncc1N. The fourth-order valence-electron chi connectivity index (χ4n) is 2.01. The van der Waals surface area contributed by atoms with Gasteiger partial charge in [-0.15, -0.1) is 0 Å². The van der Waals surface area contributed by atoms with Crippen molar-refractivity contribution in [3.63, 3.8) is 0 Å². The van der Waals surface area contributed by atoms with E-state index in [4.69, 9.17) is 5.73 Å². The van der Waals surface area contributed by atoms with E-state index in [0.29, 0.717) is 5.69 Å². The minimum atomic E-state index is 0.690. The number of nitrogens with zero attached hydrogens (tertiary/aromatic N) is 2. The lowest BCUT2D eigenvalue weighted by Gasteiger charge is -2.10. The average molecular weight is 329 g/mol. The van der Waals surface area contributed by atoms with Crippen LogP contribution >= 0.6 is 15.9 Å². The summed E-state index contributed by atoms with van der Waals surface area (Å²) >= 11 is 3.43. The number of hydrogen-bond donors (Lipinski definition) is 2. The van der Waals surface area contributed by atoms with E-state index < -0.39 is 0 Å². The predicted molar refractivity (Wildman–Crippen MR) is 86.1 cm³/mol. The van der Waals surface area contributed by atoms with Gasteiger partial charge in [0.25, 0.3) is 0 Å². The van der Waals surface area contributed by atoms with Gasteiger partial charge in [0, 0.05) is 16.1 Å². The summed E-state index contributed by atoms with van der Waals surface area (Å²) in [6.45, 7) is 1.96. The largest absolute Gasteiger partial charge is 0.397 e. The molecule has 0 amide bonds. The molecule has 0 fully saturated rings. The molecule has 0 saturated heterocycles. The van der Waals surface area contributed by atoms with Crippen molar-refractivity contribution in [2.24, 2.45) is 0 Å². The number of fused-ring (bicyclic) bond motifs is 1. The van der Waals surface area contributed by atoms with Crippen LogP contribution in [0.4, 0.5) is 17.2 Å². The third kappa shape index (κ3) is 2.44. The van der Waals surface area contributed by atoms with Crippen LogP contribution in [0.25, 0.3) is 10.9 Å². The van der Waals surface area contributed by atoms with Crippen molar-refractivity contribution in [2.75, 3.05) is 11.1 Å². The lowest BCUT2D eigenvalue weighted by atomic mass is 10.2. The van der Waals surface area contributed by atoms with Crippen molar-refractivity contribution >= 4 is 44.0 Å². The fourth-order valence-corrected chi connectivity index (χ4v) is 2.36. The van der Waals surface area contributed by atoms with Crippen LogP contribution in [0, 0.1) is 6.92 Å². The minimum absolute atomic E-state index is 0.690. The van der Waals surface area contributed by atoms with Gasteiger partial charge in [-0.2, -0.15) is 0 Å². The second-order valence-corrected chi connectivity index (χ2v) is 5.50. The van der Waals surface area contributed by atoms with Crippen molar-refractivity contribution in [2.45, 2.75) is 6.92 Å². The molecule has 3 rings (SSSR count). The van der Waals surface area contributed by atoms with Crippen LogP contribution in [0.1, 0.15) is 5.56 Å². The van der Waals surface area contributed by atoms with Crippen LogP contribution in [-0.2, 0) is 0 Å². The van der Waals surface area contributed by atoms with Gasteiger partial charge < -0.3 is 11.1 Å². The summed E-state index contributed by atoms with van der Waals surface area (Å²) in [6.07, 6.45) is 3.45. The number of nitrogens with two attached hydrogens (primary N) is 1. The van der Waals surface area contributed by atoms with Gasteiger partial charge >= 0.3 is 0 Å². The van der Waals surface area contributed by atoms with Gasteiger partial charge in [0.05, 0.1) is 23.1 Å². The van der Waals surface area contributed by atoms with Crippen molar-refractivity contribution < 1.29 is 0 Å². The number of anilines is 3. The monoisotopic (exact) mass is 328 g/mol. The third-order valence-corrected chi connectivity index (χ3v) is 3.53. The summed E-state index contributed by atoms with van der Waals surface area (Å²) in [4.78, 5) is 8.74.